The standard InChI is InChI=1S/C38H44O19/c1-45-20-9-23-22(54-27(31(55-23)16-5-6-19(40)21(7-16)46-2)13-49-36-30(43)29(42)28(41)26(11-39)56-36)8-17(20)32-18-12-50-37(38(18,44)14-51-32)57-34-24(47-3)10-25-33(35(34)48-4)53-15-52-25/h5-10,18,26-32,36-37,39-44H,11-15H2,1-4H3/t18-,26+,27+,28+,29-,30+,31+,32-,36+,37-,38-/m0/s1. The fourth-order valence-corrected chi connectivity index (χ4v) is 7.74. The molecule has 0 bridgehead atoms. The zero-order chi connectivity index (χ0) is 40.2. The number of hydrogen-bond acceptors (Lipinski definition) is 19. The number of phenolic OH excluding ortho intramolecular Hbond substituents is 1. The maximum atomic E-state index is 12.1. The smallest absolute Gasteiger partial charge is 0.232 e. The van der Waals surface area contributed by atoms with Gasteiger partial charge in [0.2, 0.25) is 30.3 Å². The van der Waals surface area contributed by atoms with Gasteiger partial charge in [-0.05, 0) is 18.2 Å². The van der Waals surface area contributed by atoms with Crippen LogP contribution in [0.15, 0.2) is 36.4 Å². The quantitative estimate of drug-likeness (QED) is 0.148. The highest BCUT2D eigenvalue weighted by molar-refractivity contribution is 5.66. The Morgan fingerprint density at radius 3 is 2.25 bits per heavy atom. The third-order valence-electron chi connectivity index (χ3n) is 10.8. The maximum Gasteiger partial charge on any atom is 0.232 e. The Kier molecular flexibility index (Phi) is 10.7. The minimum absolute atomic E-state index is 0.0185. The summed E-state index contributed by atoms with van der Waals surface area (Å²) < 4.78 is 76.5. The van der Waals surface area contributed by atoms with E-state index in [-0.39, 0.29) is 66.9 Å². The highest BCUT2D eigenvalue weighted by Crippen LogP contribution is 2.56. The van der Waals surface area contributed by atoms with Crippen molar-refractivity contribution in [3.63, 3.8) is 0 Å². The van der Waals surface area contributed by atoms with E-state index in [2.05, 4.69) is 0 Å². The molecular formula is C38H44O19. The number of rotatable bonds is 12. The summed E-state index contributed by atoms with van der Waals surface area (Å²) in [5, 5.41) is 63.3. The second-order valence-corrected chi connectivity index (χ2v) is 14.0. The second kappa shape index (κ2) is 15.6. The Hall–Kier alpha value is -4.70. The zero-order valence-electron chi connectivity index (χ0n) is 31.3. The number of phenols is 1. The van der Waals surface area contributed by atoms with Crippen LogP contribution in [0.1, 0.15) is 23.3 Å². The van der Waals surface area contributed by atoms with Crippen LogP contribution in [-0.2, 0) is 18.9 Å². The number of aliphatic hydroxyl groups is 5. The predicted molar refractivity (Wildman–Crippen MR) is 188 cm³/mol. The Bertz CT molecular complexity index is 1940. The number of aromatic hydroxyl groups is 1. The van der Waals surface area contributed by atoms with Gasteiger partial charge in [0.05, 0.1) is 66.9 Å². The highest BCUT2D eigenvalue weighted by atomic mass is 16.7. The molecule has 19 heteroatoms. The fraction of sp³-hybridized carbons (Fsp3) is 0.526. The van der Waals surface area contributed by atoms with Crippen molar-refractivity contribution in [3.8, 4) is 57.5 Å². The third kappa shape index (κ3) is 6.71. The van der Waals surface area contributed by atoms with E-state index in [4.69, 9.17) is 61.6 Å². The molecule has 6 N–H and O–H groups in total. The molecule has 0 spiro atoms. The molecule has 8 rings (SSSR count). The van der Waals surface area contributed by atoms with Gasteiger partial charge in [0.25, 0.3) is 0 Å². The molecular weight excluding hydrogens is 760 g/mol. The van der Waals surface area contributed by atoms with Gasteiger partial charge in [-0.3, -0.25) is 0 Å². The van der Waals surface area contributed by atoms with Crippen molar-refractivity contribution in [3.05, 3.63) is 47.5 Å². The van der Waals surface area contributed by atoms with Crippen LogP contribution in [0.5, 0.6) is 57.5 Å². The van der Waals surface area contributed by atoms with Gasteiger partial charge in [0.1, 0.15) is 30.2 Å². The molecule has 11 atom stereocenters. The lowest BCUT2D eigenvalue weighted by Gasteiger charge is -2.41. The van der Waals surface area contributed by atoms with Crippen molar-refractivity contribution in [1.29, 1.82) is 0 Å². The largest absolute Gasteiger partial charge is 0.504 e. The van der Waals surface area contributed by atoms with Crippen LogP contribution in [0.3, 0.4) is 0 Å². The van der Waals surface area contributed by atoms with Crippen molar-refractivity contribution < 1.29 is 92.2 Å². The van der Waals surface area contributed by atoms with E-state index in [1.807, 2.05) is 0 Å². The first-order chi connectivity index (χ1) is 27.5. The highest BCUT2D eigenvalue weighted by Gasteiger charge is 2.61. The molecule has 0 unspecified atom stereocenters. The molecule has 3 fully saturated rings. The van der Waals surface area contributed by atoms with Crippen LogP contribution in [0.2, 0.25) is 0 Å². The summed E-state index contributed by atoms with van der Waals surface area (Å²) in [5.41, 5.74) is -0.628. The van der Waals surface area contributed by atoms with Crippen molar-refractivity contribution in [2.45, 2.75) is 60.9 Å². The first-order valence-corrected chi connectivity index (χ1v) is 18.0. The molecule has 57 heavy (non-hydrogen) atoms. The van der Waals surface area contributed by atoms with Gasteiger partial charge in [-0.1, -0.05) is 6.07 Å². The molecule has 0 saturated carbocycles. The molecule has 3 saturated heterocycles. The Balaban J connectivity index is 1.08. The van der Waals surface area contributed by atoms with Gasteiger partial charge in [-0.2, -0.15) is 0 Å². The molecule has 0 amide bonds. The molecule has 3 aromatic rings. The monoisotopic (exact) mass is 804 g/mol. The lowest BCUT2D eigenvalue weighted by atomic mass is 9.85. The SMILES string of the molecule is COc1cc([C@H]2Oc3cc(OC)c([C@@H]4OC[C@@]5(O)[C@H](Oc6c(OC)cc7c(c6OC)OCO7)OC[C@@H]45)cc3O[C@@H]2CO[C@@H]2O[C@H](CO)[C@@H](O)[C@H](O)[C@H]2O)ccc1O. The Labute approximate surface area is 325 Å². The maximum absolute atomic E-state index is 12.1. The Morgan fingerprint density at radius 2 is 1.51 bits per heavy atom. The number of aliphatic hydroxyl groups excluding tert-OH is 4. The number of fused-ring (bicyclic) bond motifs is 3. The van der Waals surface area contributed by atoms with Crippen LogP contribution in [0, 0.1) is 5.92 Å². The van der Waals surface area contributed by atoms with E-state index in [0.29, 0.717) is 28.4 Å². The lowest BCUT2D eigenvalue weighted by molar-refractivity contribution is -0.305. The topological polar surface area (TPSA) is 241 Å². The molecule has 5 aliphatic heterocycles. The van der Waals surface area contributed by atoms with Crippen molar-refractivity contribution in [2.75, 3.05) is 61.7 Å². The number of hydrogen-bond donors (Lipinski definition) is 6. The normalized spacial score (nSPS) is 32.4. The molecule has 0 aliphatic carbocycles. The summed E-state index contributed by atoms with van der Waals surface area (Å²) in [6.45, 7) is -1.10. The van der Waals surface area contributed by atoms with Crippen molar-refractivity contribution in [1.82, 2.24) is 0 Å². The average molecular weight is 805 g/mol. The van der Waals surface area contributed by atoms with Crippen LogP contribution < -0.4 is 42.6 Å². The molecule has 5 aliphatic rings. The molecule has 0 radical (unpaired) electrons. The van der Waals surface area contributed by atoms with Crippen LogP contribution >= 0.6 is 0 Å². The average Bonchev–Trinajstić information content (AvgIpc) is 3.92. The molecule has 310 valence electrons. The molecule has 5 heterocycles. The summed E-state index contributed by atoms with van der Waals surface area (Å²) in [4.78, 5) is 0. The summed E-state index contributed by atoms with van der Waals surface area (Å²) in [6, 6.07) is 9.50. The minimum Gasteiger partial charge on any atom is -0.504 e. The van der Waals surface area contributed by atoms with Crippen LogP contribution in [0.4, 0.5) is 0 Å². The molecule has 3 aromatic carbocycles. The number of methoxy groups -OCH3 is 4. The van der Waals surface area contributed by atoms with E-state index in [1.54, 1.807) is 30.3 Å². The van der Waals surface area contributed by atoms with Crippen molar-refractivity contribution >= 4 is 0 Å². The predicted octanol–water partition coefficient (Wildman–Crippen LogP) is 0.707. The lowest BCUT2D eigenvalue weighted by Crippen LogP contribution is -2.59. The minimum atomic E-state index is -1.66. The summed E-state index contributed by atoms with van der Waals surface area (Å²) in [5.74, 6) is 1.62. The molecule has 0 aromatic heterocycles. The second-order valence-electron chi connectivity index (χ2n) is 14.0. The van der Waals surface area contributed by atoms with E-state index < -0.39 is 73.4 Å². The number of benzene rings is 3. The van der Waals surface area contributed by atoms with Crippen LogP contribution in [-0.4, -0.2) is 141 Å². The molecule has 19 nitrogen and oxygen atoms in total. The van der Waals surface area contributed by atoms with Gasteiger partial charge in [0.15, 0.2) is 58.6 Å². The van der Waals surface area contributed by atoms with Gasteiger partial charge in [-0.15, -0.1) is 0 Å². The third-order valence-corrected chi connectivity index (χ3v) is 10.8. The van der Waals surface area contributed by atoms with Gasteiger partial charge in [-0.25, -0.2) is 0 Å². The van der Waals surface area contributed by atoms with Gasteiger partial charge < -0.3 is 92.2 Å². The summed E-state index contributed by atoms with van der Waals surface area (Å²) in [6.07, 6.45) is -11.4. The van der Waals surface area contributed by atoms with E-state index in [9.17, 15) is 30.6 Å². The van der Waals surface area contributed by atoms with Crippen LogP contribution in [0.25, 0.3) is 0 Å². The van der Waals surface area contributed by atoms with E-state index in [1.165, 1.54) is 34.5 Å². The van der Waals surface area contributed by atoms with Gasteiger partial charge in [0, 0.05) is 23.3 Å². The first kappa shape index (κ1) is 39.1. The summed E-state index contributed by atoms with van der Waals surface area (Å²) in [7, 11) is 5.77. The Morgan fingerprint density at radius 1 is 0.754 bits per heavy atom. The van der Waals surface area contributed by atoms with Crippen molar-refractivity contribution in [2.24, 2.45) is 5.92 Å². The zero-order valence-corrected chi connectivity index (χ0v) is 31.3. The van der Waals surface area contributed by atoms with E-state index in [0.717, 1.165) is 0 Å². The fourth-order valence-electron chi connectivity index (χ4n) is 7.74. The van der Waals surface area contributed by atoms with Gasteiger partial charge >= 0.3 is 0 Å². The first-order valence-electron chi connectivity index (χ1n) is 18.0. The van der Waals surface area contributed by atoms with E-state index >= 15 is 0 Å². The number of ether oxygens (including phenoxy) is 13. The summed E-state index contributed by atoms with van der Waals surface area (Å²) >= 11 is 0.